The summed E-state index contributed by atoms with van der Waals surface area (Å²) in [6, 6.07) is 7.42. The topological polar surface area (TPSA) is 62.4 Å². The molecule has 1 atom stereocenters. The van der Waals surface area contributed by atoms with E-state index in [1.54, 1.807) is 0 Å². The zero-order chi connectivity index (χ0) is 14.7. The minimum Gasteiger partial charge on any atom is -0.396 e. The molecule has 0 saturated carbocycles. The summed E-state index contributed by atoms with van der Waals surface area (Å²) in [5.41, 5.74) is 0.858. The summed E-state index contributed by atoms with van der Waals surface area (Å²) < 4.78 is 5.32. The molecule has 1 aromatic carbocycles. The van der Waals surface area contributed by atoms with Crippen LogP contribution in [0.5, 0.6) is 0 Å². The summed E-state index contributed by atoms with van der Waals surface area (Å²) in [6.07, 6.45) is 1.99. The Balaban J connectivity index is 1.63. The average molecular weight is 308 g/mol. The smallest absolute Gasteiger partial charge is 0.241 e. The van der Waals surface area contributed by atoms with Gasteiger partial charge in [-0.05, 0) is 37.4 Å². The Hall–Kier alpha value is -1.43. The second-order valence-electron chi connectivity index (χ2n) is 5.42. The number of rotatable bonds is 5. The van der Waals surface area contributed by atoms with Gasteiger partial charge in [0.25, 0.3) is 0 Å². The summed E-state index contributed by atoms with van der Waals surface area (Å²) in [5.74, 6) is 1.76. The fourth-order valence-corrected chi connectivity index (χ4v) is 2.92. The maximum Gasteiger partial charge on any atom is 0.241 e. The largest absolute Gasteiger partial charge is 0.396 e. The molecule has 1 N–H and O–H groups in total. The molecule has 2 heterocycles. The van der Waals surface area contributed by atoms with Crippen LogP contribution < -0.4 is 0 Å². The van der Waals surface area contributed by atoms with Crippen molar-refractivity contribution < 1.29 is 9.63 Å². The van der Waals surface area contributed by atoms with Crippen molar-refractivity contribution in [2.75, 3.05) is 19.7 Å². The quantitative estimate of drug-likeness (QED) is 0.920. The van der Waals surface area contributed by atoms with E-state index in [0.717, 1.165) is 31.5 Å². The van der Waals surface area contributed by atoms with E-state index in [1.165, 1.54) is 0 Å². The molecule has 112 valence electrons. The Morgan fingerprint density at radius 2 is 2.33 bits per heavy atom. The summed E-state index contributed by atoms with van der Waals surface area (Å²) in [6.45, 7) is 2.92. The second-order valence-corrected chi connectivity index (χ2v) is 5.86. The van der Waals surface area contributed by atoms with Crippen molar-refractivity contribution in [3.63, 3.8) is 0 Å². The summed E-state index contributed by atoms with van der Waals surface area (Å²) >= 11 is 5.97. The number of aromatic nitrogens is 2. The molecule has 6 heteroatoms. The van der Waals surface area contributed by atoms with E-state index in [0.29, 0.717) is 29.2 Å². The van der Waals surface area contributed by atoms with Gasteiger partial charge in [0.1, 0.15) is 0 Å². The molecule has 0 aliphatic carbocycles. The van der Waals surface area contributed by atoms with Crippen molar-refractivity contribution in [1.82, 2.24) is 15.0 Å². The zero-order valence-corrected chi connectivity index (χ0v) is 12.5. The molecule has 0 bridgehead atoms. The van der Waals surface area contributed by atoms with Crippen molar-refractivity contribution in [2.24, 2.45) is 5.92 Å². The third-order valence-corrected chi connectivity index (χ3v) is 4.05. The van der Waals surface area contributed by atoms with E-state index in [2.05, 4.69) is 15.0 Å². The minimum absolute atomic E-state index is 0.262. The maximum absolute atomic E-state index is 8.98. The third kappa shape index (κ3) is 3.61. The Morgan fingerprint density at radius 3 is 3.14 bits per heavy atom. The van der Waals surface area contributed by atoms with Gasteiger partial charge in [0.15, 0.2) is 0 Å². The van der Waals surface area contributed by atoms with Gasteiger partial charge in [-0.2, -0.15) is 4.98 Å². The molecule has 21 heavy (non-hydrogen) atoms. The monoisotopic (exact) mass is 307 g/mol. The van der Waals surface area contributed by atoms with Crippen LogP contribution >= 0.6 is 11.6 Å². The maximum atomic E-state index is 8.98. The van der Waals surface area contributed by atoms with Gasteiger partial charge in [0.05, 0.1) is 6.54 Å². The van der Waals surface area contributed by atoms with Crippen LogP contribution in [-0.4, -0.2) is 39.8 Å². The number of aliphatic hydroxyl groups excluding tert-OH is 1. The molecule has 0 amide bonds. The van der Waals surface area contributed by atoms with Crippen molar-refractivity contribution >= 4 is 11.6 Å². The molecule has 2 aromatic rings. The molecule has 5 nitrogen and oxygen atoms in total. The van der Waals surface area contributed by atoms with Gasteiger partial charge in [-0.1, -0.05) is 28.9 Å². The van der Waals surface area contributed by atoms with Crippen molar-refractivity contribution in [2.45, 2.75) is 19.4 Å². The molecule has 1 fully saturated rings. The normalized spacial score (nSPS) is 19.2. The van der Waals surface area contributed by atoms with E-state index in [4.69, 9.17) is 21.2 Å². The number of hydrogen-bond donors (Lipinski definition) is 1. The first kappa shape index (κ1) is 14.5. The number of halogens is 1. The highest BCUT2D eigenvalue weighted by Crippen LogP contribution is 2.23. The Bertz CT molecular complexity index is 602. The van der Waals surface area contributed by atoms with Gasteiger partial charge in [0, 0.05) is 23.7 Å². The highest BCUT2D eigenvalue weighted by atomic mass is 35.5. The van der Waals surface area contributed by atoms with Crippen LogP contribution in [0.4, 0.5) is 0 Å². The highest BCUT2D eigenvalue weighted by Gasteiger charge is 2.23. The number of nitrogens with zero attached hydrogens (tertiary/aromatic N) is 3. The van der Waals surface area contributed by atoms with E-state index >= 15 is 0 Å². The molecular weight excluding hydrogens is 290 g/mol. The van der Waals surface area contributed by atoms with Gasteiger partial charge in [-0.3, -0.25) is 4.90 Å². The molecule has 3 rings (SSSR count). The third-order valence-electron chi connectivity index (χ3n) is 3.82. The van der Waals surface area contributed by atoms with Crippen molar-refractivity contribution in [3.05, 3.63) is 35.2 Å². The predicted octanol–water partition coefficient (Wildman–Crippen LogP) is 2.59. The molecule has 1 aromatic heterocycles. The van der Waals surface area contributed by atoms with Crippen LogP contribution in [0, 0.1) is 5.92 Å². The molecular formula is C15H18ClN3O2. The Kier molecular flexibility index (Phi) is 4.53. The van der Waals surface area contributed by atoms with Crippen LogP contribution in [0.25, 0.3) is 11.4 Å². The fourth-order valence-electron chi connectivity index (χ4n) is 2.73. The standard InChI is InChI=1S/C15H18ClN3O2/c16-13-3-1-2-12(8-13)15-17-14(21-18-15)10-19-6-4-11(9-19)5-7-20/h1-3,8,11,20H,4-7,9-10H2. The predicted molar refractivity (Wildman–Crippen MR) is 79.8 cm³/mol. The molecule has 1 aliphatic rings. The van der Waals surface area contributed by atoms with Crippen molar-refractivity contribution in [3.8, 4) is 11.4 Å². The molecule has 0 radical (unpaired) electrons. The molecule has 0 spiro atoms. The summed E-state index contributed by atoms with van der Waals surface area (Å²) in [7, 11) is 0. The zero-order valence-electron chi connectivity index (χ0n) is 11.7. The first-order valence-corrected chi connectivity index (χ1v) is 7.54. The van der Waals surface area contributed by atoms with Gasteiger partial charge in [-0.15, -0.1) is 0 Å². The van der Waals surface area contributed by atoms with E-state index in [9.17, 15) is 0 Å². The number of hydrogen-bond acceptors (Lipinski definition) is 5. The number of likely N-dealkylation sites (tertiary alicyclic amines) is 1. The fraction of sp³-hybridized carbons (Fsp3) is 0.467. The number of benzene rings is 1. The molecule has 1 unspecified atom stereocenters. The summed E-state index contributed by atoms with van der Waals surface area (Å²) in [5, 5.41) is 13.7. The molecule has 1 aliphatic heterocycles. The van der Waals surface area contributed by atoms with Gasteiger partial charge < -0.3 is 9.63 Å². The lowest BCUT2D eigenvalue weighted by molar-refractivity contribution is 0.236. The Morgan fingerprint density at radius 1 is 1.43 bits per heavy atom. The van der Waals surface area contributed by atoms with Crippen LogP contribution in [0.3, 0.4) is 0 Å². The summed E-state index contributed by atoms with van der Waals surface area (Å²) in [4.78, 5) is 6.72. The minimum atomic E-state index is 0.262. The second kappa shape index (κ2) is 6.56. The van der Waals surface area contributed by atoms with E-state index < -0.39 is 0 Å². The van der Waals surface area contributed by atoms with Crippen LogP contribution in [-0.2, 0) is 6.54 Å². The van der Waals surface area contributed by atoms with Crippen molar-refractivity contribution in [1.29, 1.82) is 0 Å². The SMILES string of the molecule is OCCC1CCN(Cc2nc(-c3cccc(Cl)c3)no2)C1. The lowest BCUT2D eigenvalue weighted by atomic mass is 10.1. The lowest BCUT2D eigenvalue weighted by Gasteiger charge is -2.12. The first-order chi connectivity index (χ1) is 10.2. The van der Waals surface area contributed by atoms with Gasteiger partial charge in [-0.25, -0.2) is 0 Å². The first-order valence-electron chi connectivity index (χ1n) is 7.16. The lowest BCUT2D eigenvalue weighted by Crippen LogP contribution is -2.20. The van der Waals surface area contributed by atoms with E-state index in [1.807, 2.05) is 24.3 Å². The highest BCUT2D eigenvalue weighted by molar-refractivity contribution is 6.30. The molecule has 1 saturated heterocycles. The average Bonchev–Trinajstić information content (AvgIpc) is 3.10. The van der Waals surface area contributed by atoms with Crippen LogP contribution in [0.2, 0.25) is 5.02 Å². The van der Waals surface area contributed by atoms with Gasteiger partial charge in [0.2, 0.25) is 11.7 Å². The van der Waals surface area contributed by atoms with E-state index in [-0.39, 0.29) is 6.61 Å². The van der Waals surface area contributed by atoms with Crippen LogP contribution in [0.1, 0.15) is 18.7 Å². The van der Waals surface area contributed by atoms with Crippen LogP contribution in [0.15, 0.2) is 28.8 Å². The van der Waals surface area contributed by atoms with Gasteiger partial charge >= 0.3 is 0 Å². The number of aliphatic hydroxyl groups is 1. The Labute approximate surface area is 128 Å².